The van der Waals surface area contributed by atoms with Crippen molar-refractivity contribution in [3.63, 3.8) is 0 Å². The number of carboxylic acids is 1. The van der Waals surface area contributed by atoms with Gasteiger partial charge in [0.1, 0.15) is 0 Å². The Bertz CT molecular complexity index is 727. The van der Waals surface area contributed by atoms with Gasteiger partial charge in [0.25, 0.3) is 5.91 Å². The molecule has 28 heavy (non-hydrogen) atoms. The van der Waals surface area contributed by atoms with Gasteiger partial charge in [-0.2, -0.15) is 13.2 Å². The zero-order valence-corrected chi connectivity index (χ0v) is 15.3. The fourth-order valence-corrected chi connectivity index (χ4v) is 3.88. The van der Waals surface area contributed by atoms with Crippen LogP contribution in [0.15, 0.2) is 24.5 Å². The number of rotatable bonds is 2. The number of nitrogens with one attached hydrogen (secondary N) is 1. The molecule has 0 radical (unpaired) electrons. The summed E-state index contributed by atoms with van der Waals surface area (Å²) in [7, 11) is 0. The zero-order chi connectivity index (χ0) is 20.9. The van der Waals surface area contributed by atoms with E-state index in [4.69, 9.17) is 9.90 Å². The molecule has 2 N–H and O–H groups in total. The van der Waals surface area contributed by atoms with Gasteiger partial charge >= 0.3 is 12.1 Å². The van der Waals surface area contributed by atoms with Gasteiger partial charge in [-0.25, -0.2) is 4.79 Å². The quantitative estimate of drug-likeness (QED) is 0.793. The van der Waals surface area contributed by atoms with Crippen LogP contribution in [0.1, 0.15) is 49.4 Å². The van der Waals surface area contributed by atoms with E-state index in [1.165, 1.54) is 0 Å². The van der Waals surface area contributed by atoms with Crippen LogP contribution in [0.4, 0.5) is 13.2 Å². The van der Waals surface area contributed by atoms with E-state index in [1.807, 2.05) is 4.90 Å². The first-order chi connectivity index (χ1) is 13.1. The molecule has 3 heterocycles. The number of aromatic nitrogens is 1. The summed E-state index contributed by atoms with van der Waals surface area (Å²) >= 11 is 0. The average Bonchev–Trinajstić information content (AvgIpc) is 3.02. The number of likely N-dealkylation sites (tertiary alicyclic amines) is 1. The largest absolute Gasteiger partial charge is 0.490 e. The molecule has 1 spiro atoms. The Hall–Kier alpha value is -2.65. The van der Waals surface area contributed by atoms with Crippen LogP contribution in [0.25, 0.3) is 0 Å². The summed E-state index contributed by atoms with van der Waals surface area (Å²) in [6, 6.07) is 3.59. The fraction of sp³-hybridized carbons (Fsp3) is 0.556. The number of nitrogens with zero attached hydrogens (tertiary/aromatic N) is 2. The van der Waals surface area contributed by atoms with Gasteiger partial charge in [0.05, 0.1) is 11.6 Å². The fourth-order valence-electron chi connectivity index (χ4n) is 3.88. The Labute approximate surface area is 159 Å². The lowest BCUT2D eigenvalue weighted by Gasteiger charge is -2.48. The summed E-state index contributed by atoms with van der Waals surface area (Å²) in [4.78, 5) is 39.3. The maximum absolute atomic E-state index is 12.8. The summed E-state index contributed by atoms with van der Waals surface area (Å²) in [5, 5.41) is 10.3. The predicted octanol–water partition coefficient (Wildman–Crippen LogP) is 2.38. The molecule has 0 saturated carbocycles. The minimum atomic E-state index is -5.08. The Kier molecular flexibility index (Phi) is 6.63. The molecule has 0 aliphatic carbocycles. The predicted molar refractivity (Wildman–Crippen MR) is 92.4 cm³/mol. The highest BCUT2D eigenvalue weighted by atomic mass is 19.4. The third kappa shape index (κ3) is 4.79. The normalized spacial score (nSPS) is 24.4. The van der Waals surface area contributed by atoms with E-state index in [0.29, 0.717) is 12.0 Å². The third-order valence-electron chi connectivity index (χ3n) is 5.04. The summed E-state index contributed by atoms with van der Waals surface area (Å²) in [5.41, 5.74) is 0.456. The number of carbonyl (C=O) groups excluding carboxylic acids is 2. The van der Waals surface area contributed by atoms with Crippen molar-refractivity contribution in [3.8, 4) is 0 Å². The number of amides is 2. The van der Waals surface area contributed by atoms with Crippen molar-refractivity contribution in [2.75, 3.05) is 6.54 Å². The molecule has 1 aromatic rings. The summed E-state index contributed by atoms with van der Waals surface area (Å²) in [6.07, 6.45) is 2.39. The molecule has 3 rings (SSSR count). The molecule has 0 aromatic carbocycles. The molecule has 2 saturated heterocycles. The minimum absolute atomic E-state index is 0.0458. The van der Waals surface area contributed by atoms with Crippen LogP contribution in [-0.4, -0.2) is 57.1 Å². The van der Waals surface area contributed by atoms with Gasteiger partial charge in [0, 0.05) is 30.9 Å². The topological polar surface area (TPSA) is 99.6 Å². The summed E-state index contributed by atoms with van der Waals surface area (Å²) < 4.78 is 31.7. The molecule has 2 atom stereocenters. The van der Waals surface area contributed by atoms with Gasteiger partial charge in [-0.1, -0.05) is 6.92 Å². The van der Waals surface area contributed by atoms with Crippen LogP contribution in [0.3, 0.4) is 0 Å². The van der Waals surface area contributed by atoms with Crippen molar-refractivity contribution in [2.24, 2.45) is 0 Å². The van der Waals surface area contributed by atoms with Gasteiger partial charge in [-0.15, -0.1) is 0 Å². The molecule has 1 aromatic heterocycles. The van der Waals surface area contributed by atoms with Crippen molar-refractivity contribution in [1.82, 2.24) is 15.2 Å². The van der Waals surface area contributed by atoms with Gasteiger partial charge in [-0.3, -0.25) is 14.6 Å². The number of pyridine rings is 1. The number of piperidine rings is 1. The van der Waals surface area contributed by atoms with Crippen molar-refractivity contribution in [1.29, 1.82) is 0 Å². The molecule has 7 nitrogen and oxygen atoms in total. The smallest absolute Gasteiger partial charge is 0.475 e. The summed E-state index contributed by atoms with van der Waals surface area (Å²) in [6.45, 7) is 2.85. The third-order valence-corrected chi connectivity index (χ3v) is 5.04. The van der Waals surface area contributed by atoms with Crippen molar-refractivity contribution in [3.05, 3.63) is 30.1 Å². The first-order valence-electron chi connectivity index (χ1n) is 8.93. The highest BCUT2D eigenvalue weighted by molar-refractivity contribution is 5.94. The minimum Gasteiger partial charge on any atom is -0.475 e. The number of hydrogen-bond donors (Lipinski definition) is 2. The van der Waals surface area contributed by atoms with E-state index in [0.717, 1.165) is 32.2 Å². The first kappa shape index (κ1) is 21.6. The van der Waals surface area contributed by atoms with Crippen LogP contribution >= 0.6 is 0 Å². The molecular weight excluding hydrogens is 379 g/mol. The molecule has 0 unspecified atom stereocenters. The molecule has 2 fully saturated rings. The van der Waals surface area contributed by atoms with E-state index < -0.39 is 12.1 Å². The maximum atomic E-state index is 12.8. The van der Waals surface area contributed by atoms with Crippen LogP contribution in [0.2, 0.25) is 0 Å². The number of aliphatic carboxylic acids is 1. The Balaban J connectivity index is 0.000000345. The average molecular weight is 401 g/mol. The maximum Gasteiger partial charge on any atom is 0.490 e. The lowest BCUT2D eigenvalue weighted by molar-refractivity contribution is -0.192. The van der Waals surface area contributed by atoms with Crippen LogP contribution in [0.5, 0.6) is 0 Å². The monoisotopic (exact) mass is 401 g/mol. The van der Waals surface area contributed by atoms with Gasteiger partial charge in [0.2, 0.25) is 5.91 Å². The lowest BCUT2D eigenvalue weighted by Crippen LogP contribution is -2.63. The second-order valence-corrected chi connectivity index (χ2v) is 6.77. The highest BCUT2D eigenvalue weighted by Crippen LogP contribution is 2.37. The zero-order valence-electron chi connectivity index (χ0n) is 15.3. The van der Waals surface area contributed by atoms with Crippen molar-refractivity contribution in [2.45, 2.75) is 56.8 Å². The van der Waals surface area contributed by atoms with E-state index in [-0.39, 0.29) is 23.4 Å². The molecule has 2 amide bonds. The SMILES string of the molecule is CC[C@@H]1N(C(=O)c2ccncc2)CCC[C@]12CCC(=O)N2.O=C(O)C(F)(F)F. The van der Waals surface area contributed by atoms with E-state index >= 15 is 0 Å². The van der Waals surface area contributed by atoms with E-state index in [9.17, 15) is 22.8 Å². The molecule has 0 bridgehead atoms. The van der Waals surface area contributed by atoms with Crippen LogP contribution < -0.4 is 5.32 Å². The van der Waals surface area contributed by atoms with Crippen molar-refractivity contribution < 1.29 is 32.7 Å². The Morgan fingerprint density at radius 1 is 1.32 bits per heavy atom. The lowest BCUT2D eigenvalue weighted by atomic mass is 9.78. The van der Waals surface area contributed by atoms with Gasteiger partial charge in [0.15, 0.2) is 0 Å². The second-order valence-electron chi connectivity index (χ2n) is 6.77. The highest BCUT2D eigenvalue weighted by Gasteiger charge is 2.49. The molecule has 2 aliphatic heterocycles. The van der Waals surface area contributed by atoms with Crippen LogP contribution in [-0.2, 0) is 9.59 Å². The standard InChI is InChI=1S/C16H21N3O2.C2HF3O2/c1-2-13-16(8-4-14(20)18-16)7-3-11-19(13)15(21)12-5-9-17-10-6-12;3-2(4,5)1(6)7/h5-6,9-10,13H,2-4,7-8,11H2,1H3,(H,18,20);(H,6,7)/t13-,16-;/m0./s1. The first-order valence-corrected chi connectivity index (χ1v) is 8.93. The number of carboxylic acid groups (broad SMARTS) is 1. The number of halogens is 3. The summed E-state index contributed by atoms with van der Waals surface area (Å²) in [5.74, 6) is -2.59. The Morgan fingerprint density at radius 2 is 1.93 bits per heavy atom. The molecule has 154 valence electrons. The molecule has 10 heteroatoms. The molecular formula is C18H22F3N3O4. The van der Waals surface area contributed by atoms with E-state index in [2.05, 4.69) is 17.2 Å². The van der Waals surface area contributed by atoms with Crippen LogP contribution in [0, 0.1) is 0 Å². The number of carbonyl (C=O) groups is 3. The van der Waals surface area contributed by atoms with Gasteiger partial charge < -0.3 is 15.3 Å². The number of alkyl halides is 3. The van der Waals surface area contributed by atoms with Crippen molar-refractivity contribution >= 4 is 17.8 Å². The second kappa shape index (κ2) is 8.57. The number of hydrogen-bond acceptors (Lipinski definition) is 4. The van der Waals surface area contributed by atoms with E-state index in [1.54, 1.807) is 24.5 Å². The molecule has 2 aliphatic rings. The van der Waals surface area contributed by atoms with Gasteiger partial charge in [-0.05, 0) is 37.8 Å². The Morgan fingerprint density at radius 3 is 2.39 bits per heavy atom.